The molecule has 2 rings (SSSR count). The first-order valence-corrected chi connectivity index (χ1v) is 6.34. The van der Waals surface area contributed by atoms with Crippen LogP contribution in [0.1, 0.15) is 36.0 Å². The molecule has 0 aliphatic heterocycles. The Balaban J connectivity index is 1.99. The van der Waals surface area contributed by atoms with Gasteiger partial charge in [-0.1, -0.05) is 42.1 Å². The van der Waals surface area contributed by atoms with Crippen LogP contribution < -0.4 is 5.48 Å². The maximum Gasteiger partial charge on any atom is 0.277 e. The molecule has 5 heteroatoms. The van der Waals surface area contributed by atoms with Gasteiger partial charge in [0.2, 0.25) is 0 Å². The highest BCUT2D eigenvalue weighted by molar-refractivity contribution is 6.39. The third-order valence-corrected chi connectivity index (χ3v) is 3.44. The molecule has 1 N–H and O–H groups in total. The monoisotopic (exact) mass is 273 g/mol. The fraction of sp³-hybridized carbons (Fsp3) is 0.417. The zero-order valence-corrected chi connectivity index (χ0v) is 10.7. The summed E-state index contributed by atoms with van der Waals surface area (Å²) in [6.07, 6.45) is 4.37. The highest BCUT2D eigenvalue weighted by Crippen LogP contribution is 2.24. The summed E-state index contributed by atoms with van der Waals surface area (Å²) in [5.74, 6) is -0.396. The molecule has 0 unspecified atom stereocenters. The molecule has 0 radical (unpaired) electrons. The lowest BCUT2D eigenvalue weighted by atomic mass is 10.2. The molecule has 1 fully saturated rings. The average molecular weight is 274 g/mol. The van der Waals surface area contributed by atoms with Crippen LogP contribution in [0.4, 0.5) is 0 Å². The molecule has 3 nitrogen and oxygen atoms in total. The van der Waals surface area contributed by atoms with E-state index in [-0.39, 0.29) is 11.7 Å². The summed E-state index contributed by atoms with van der Waals surface area (Å²) in [5.41, 5.74) is 2.67. The van der Waals surface area contributed by atoms with Crippen molar-refractivity contribution in [2.45, 2.75) is 31.8 Å². The van der Waals surface area contributed by atoms with Gasteiger partial charge in [0.05, 0.1) is 21.7 Å². The van der Waals surface area contributed by atoms with Crippen molar-refractivity contribution in [3.05, 3.63) is 33.8 Å². The van der Waals surface area contributed by atoms with Gasteiger partial charge in [-0.3, -0.25) is 9.63 Å². The van der Waals surface area contributed by atoms with Gasteiger partial charge in [0.15, 0.2) is 0 Å². The first-order chi connectivity index (χ1) is 8.18. The van der Waals surface area contributed by atoms with Crippen molar-refractivity contribution in [3.8, 4) is 0 Å². The van der Waals surface area contributed by atoms with Crippen LogP contribution in [0.15, 0.2) is 18.2 Å². The van der Waals surface area contributed by atoms with Crippen LogP contribution in [-0.2, 0) is 4.84 Å². The second kappa shape index (κ2) is 5.71. The van der Waals surface area contributed by atoms with Crippen LogP contribution in [0.25, 0.3) is 0 Å². The topological polar surface area (TPSA) is 38.3 Å². The molecule has 0 saturated heterocycles. The van der Waals surface area contributed by atoms with E-state index in [1.165, 1.54) is 0 Å². The maximum atomic E-state index is 11.8. The van der Waals surface area contributed by atoms with Crippen molar-refractivity contribution >= 4 is 29.1 Å². The Morgan fingerprint density at radius 2 is 1.82 bits per heavy atom. The summed E-state index contributed by atoms with van der Waals surface area (Å²) >= 11 is 11.8. The van der Waals surface area contributed by atoms with Crippen LogP contribution in [0.3, 0.4) is 0 Å². The summed E-state index contributed by atoms with van der Waals surface area (Å²) in [7, 11) is 0. The van der Waals surface area contributed by atoms with Crippen LogP contribution >= 0.6 is 23.2 Å². The second-order valence-electron chi connectivity index (χ2n) is 4.05. The summed E-state index contributed by atoms with van der Waals surface area (Å²) in [5, 5.41) is 0.648. The number of hydroxylamine groups is 1. The van der Waals surface area contributed by atoms with Gasteiger partial charge in [-0.15, -0.1) is 0 Å². The predicted molar refractivity (Wildman–Crippen MR) is 67.3 cm³/mol. The number of nitrogens with one attached hydrogen (secondary N) is 1. The zero-order valence-electron chi connectivity index (χ0n) is 9.21. The smallest absolute Gasteiger partial charge is 0.270 e. The minimum absolute atomic E-state index is 0.111. The minimum atomic E-state index is -0.396. The SMILES string of the molecule is O=C(NOC1CCCC1)c1c(Cl)cccc1Cl. The molecular formula is C12H13Cl2NO2. The number of benzene rings is 1. The van der Waals surface area contributed by atoms with E-state index in [9.17, 15) is 4.79 Å². The number of halogens is 2. The first kappa shape index (κ1) is 12.7. The van der Waals surface area contributed by atoms with Gasteiger partial charge in [0.1, 0.15) is 0 Å². The fourth-order valence-electron chi connectivity index (χ4n) is 1.91. The van der Waals surface area contributed by atoms with E-state index in [0.29, 0.717) is 10.0 Å². The molecular weight excluding hydrogens is 261 g/mol. The predicted octanol–water partition coefficient (Wildman–Crippen LogP) is 3.60. The molecule has 0 atom stereocenters. The van der Waals surface area contributed by atoms with Crippen LogP contribution in [0.2, 0.25) is 10.0 Å². The highest BCUT2D eigenvalue weighted by atomic mass is 35.5. The van der Waals surface area contributed by atoms with Crippen molar-refractivity contribution in [1.82, 2.24) is 5.48 Å². The van der Waals surface area contributed by atoms with Crippen molar-refractivity contribution < 1.29 is 9.63 Å². The van der Waals surface area contributed by atoms with Gasteiger partial charge in [-0.05, 0) is 25.0 Å². The quantitative estimate of drug-likeness (QED) is 0.855. The van der Waals surface area contributed by atoms with E-state index in [1.54, 1.807) is 18.2 Å². The third-order valence-electron chi connectivity index (χ3n) is 2.81. The van der Waals surface area contributed by atoms with E-state index < -0.39 is 5.91 Å². The molecule has 1 amide bonds. The van der Waals surface area contributed by atoms with Gasteiger partial charge >= 0.3 is 0 Å². The van der Waals surface area contributed by atoms with E-state index in [2.05, 4.69) is 5.48 Å². The Kier molecular flexibility index (Phi) is 4.26. The molecule has 1 aromatic carbocycles. The van der Waals surface area contributed by atoms with Gasteiger partial charge in [-0.25, -0.2) is 5.48 Å². The van der Waals surface area contributed by atoms with Crippen molar-refractivity contribution in [3.63, 3.8) is 0 Å². The lowest BCUT2D eigenvalue weighted by Crippen LogP contribution is -2.28. The molecule has 17 heavy (non-hydrogen) atoms. The summed E-state index contributed by atoms with van der Waals surface area (Å²) in [6.45, 7) is 0. The Hall–Kier alpha value is -0.770. The van der Waals surface area contributed by atoms with Crippen LogP contribution in [0.5, 0.6) is 0 Å². The normalized spacial score (nSPS) is 16.1. The number of hydrogen-bond donors (Lipinski definition) is 1. The number of rotatable bonds is 3. The molecule has 1 aliphatic carbocycles. The van der Waals surface area contributed by atoms with Crippen molar-refractivity contribution in [2.75, 3.05) is 0 Å². The largest absolute Gasteiger partial charge is 0.277 e. The molecule has 1 aliphatic rings. The molecule has 1 aromatic rings. The zero-order chi connectivity index (χ0) is 12.3. The Morgan fingerprint density at radius 3 is 2.41 bits per heavy atom. The number of amides is 1. The highest BCUT2D eigenvalue weighted by Gasteiger charge is 2.19. The van der Waals surface area contributed by atoms with Crippen molar-refractivity contribution in [2.24, 2.45) is 0 Å². The Labute approximate surface area is 110 Å². The molecule has 0 bridgehead atoms. The third kappa shape index (κ3) is 3.12. The van der Waals surface area contributed by atoms with E-state index in [4.69, 9.17) is 28.0 Å². The lowest BCUT2D eigenvalue weighted by Gasteiger charge is -2.12. The van der Waals surface area contributed by atoms with E-state index >= 15 is 0 Å². The Morgan fingerprint density at radius 1 is 1.24 bits per heavy atom. The maximum absolute atomic E-state index is 11.8. The molecule has 1 saturated carbocycles. The number of hydrogen-bond acceptors (Lipinski definition) is 2. The van der Waals surface area contributed by atoms with Crippen molar-refractivity contribution in [1.29, 1.82) is 0 Å². The van der Waals surface area contributed by atoms with Gasteiger partial charge in [-0.2, -0.15) is 0 Å². The standard InChI is InChI=1S/C12H13Cl2NO2/c13-9-6-3-7-10(14)11(9)12(16)15-17-8-4-1-2-5-8/h3,6-8H,1-2,4-5H2,(H,15,16). The molecule has 0 spiro atoms. The second-order valence-corrected chi connectivity index (χ2v) is 4.87. The lowest BCUT2D eigenvalue weighted by molar-refractivity contribution is -0.0124. The minimum Gasteiger partial charge on any atom is -0.270 e. The van der Waals surface area contributed by atoms with E-state index in [1.807, 2.05) is 0 Å². The molecule has 0 heterocycles. The van der Waals surface area contributed by atoms with Gasteiger partial charge < -0.3 is 0 Å². The average Bonchev–Trinajstić information content (AvgIpc) is 2.79. The Bertz CT molecular complexity index is 397. The number of carbonyl (C=O) groups is 1. The first-order valence-electron chi connectivity index (χ1n) is 5.58. The van der Waals surface area contributed by atoms with Gasteiger partial charge in [0, 0.05) is 0 Å². The fourth-order valence-corrected chi connectivity index (χ4v) is 2.48. The van der Waals surface area contributed by atoms with Crippen LogP contribution in [-0.4, -0.2) is 12.0 Å². The summed E-state index contributed by atoms with van der Waals surface area (Å²) < 4.78 is 0. The molecule has 92 valence electrons. The van der Waals surface area contributed by atoms with Gasteiger partial charge in [0.25, 0.3) is 5.91 Å². The summed E-state index contributed by atoms with van der Waals surface area (Å²) in [4.78, 5) is 17.2. The van der Waals surface area contributed by atoms with E-state index in [0.717, 1.165) is 25.7 Å². The number of carbonyl (C=O) groups excluding carboxylic acids is 1. The van der Waals surface area contributed by atoms with Crippen LogP contribution in [0, 0.1) is 0 Å². The molecule has 0 aromatic heterocycles. The summed E-state index contributed by atoms with van der Waals surface area (Å²) in [6, 6.07) is 4.94.